The van der Waals surface area contributed by atoms with Gasteiger partial charge in [0.2, 0.25) is 5.78 Å². The summed E-state index contributed by atoms with van der Waals surface area (Å²) >= 11 is 11.3. The summed E-state index contributed by atoms with van der Waals surface area (Å²) in [6.45, 7) is 6.12. The van der Waals surface area contributed by atoms with Crippen molar-refractivity contribution in [3.8, 4) is 0 Å². The Kier molecular flexibility index (Phi) is 7.22. The van der Waals surface area contributed by atoms with Gasteiger partial charge in [-0.3, -0.25) is 14.4 Å². The van der Waals surface area contributed by atoms with Gasteiger partial charge in [-0.2, -0.15) is 0 Å². The van der Waals surface area contributed by atoms with Crippen LogP contribution in [0.4, 0.5) is 4.39 Å². The van der Waals surface area contributed by atoms with Gasteiger partial charge in [0.15, 0.2) is 18.0 Å². The summed E-state index contributed by atoms with van der Waals surface area (Å²) in [6, 6.07) is 8.33. The van der Waals surface area contributed by atoms with Crippen molar-refractivity contribution in [1.29, 1.82) is 0 Å². The van der Waals surface area contributed by atoms with Gasteiger partial charge >= 0.3 is 11.9 Å². The maximum absolute atomic E-state index is 16.9. The Morgan fingerprint density at radius 3 is 2.50 bits per heavy atom. The minimum Gasteiger partial charge on any atom is -0.458 e. The predicted molar refractivity (Wildman–Crippen MR) is 151 cm³/mol. The number of benzene rings is 1. The van der Waals surface area contributed by atoms with Crippen molar-refractivity contribution < 1.29 is 33.0 Å². The van der Waals surface area contributed by atoms with Gasteiger partial charge < -0.3 is 9.47 Å². The molecule has 40 heavy (non-hydrogen) atoms. The third kappa shape index (κ3) is 3.92. The van der Waals surface area contributed by atoms with Crippen molar-refractivity contribution >= 4 is 51.0 Å². The molecule has 0 saturated heterocycles. The average molecular weight is 636 g/mol. The summed E-state index contributed by atoms with van der Waals surface area (Å²) < 4.78 is 28.3. The maximum atomic E-state index is 16.9. The van der Waals surface area contributed by atoms with Crippen LogP contribution in [0, 0.1) is 28.6 Å². The van der Waals surface area contributed by atoms with E-state index in [9.17, 15) is 19.2 Å². The zero-order valence-corrected chi connectivity index (χ0v) is 25.3. The van der Waals surface area contributed by atoms with E-state index < -0.39 is 63.6 Å². The third-order valence-corrected chi connectivity index (χ3v) is 12.0. The summed E-state index contributed by atoms with van der Waals surface area (Å²) in [5, 5.41) is 0. The van der Waals surface area contributed by atoms with E-state index in [-0.39, 0.29) is 28.5 Å². The number of carbonyl (C=O) groups excluding carboxylic acids is 4. The highest BCUT2D eigenvalue weighted by atomic mass is 79.9. The van der Waals surface area contributed by atoms with Crippen LogP contribution in [0.3, 0.4) is 0 Å². The molecule has 1 aromatic carbocycles. The van der Waals surface area contributed by atoms with Crippen LogP contribution in [0.2, 0.25) is 0 Å². The van der Waals surface area contributed by atoms with E-state index in [0.29, 0.717) is 12.8 Å². The van der Waals surface area contributed by atoms with Gasteiger partial charge in [0.05, 0.1) is 10.4 Å². The molecule has 5 rings (SSSR count). The van der Waals surface area contributed by atoms with E-state index in [4.69, 9.17) is 21.1 Å². The molecule has 0 spiro atoms. The number of hydrogen-bond donors (Lipinski definition) is 0. The molecular weight excluding hydrogens is 603 g/mol. The molecule has 0 aliphatic heterocycles. The normalized spacial score (nSPS) is 41.7. The van der Waals surface area contributed by atoms with Gasteiger partial charge in [-0.05, 0) is 55.4 Å². The number of ether oxygens (including phenoxy) is 2. The SMILES string of the molecule is CC(=O)OCC(=O)[C@@]1(OC(=O)c2ccccc2)C(C)C[C@H]2[C@@H]3C(Br)CC4=CC(=O)C=C[C@]4(C)[C@@]3(Cl)C(F)C[C@@]21C. The number of ketones is 2. The van der Waals surface area contributed by atoms with Crippen molar-refractivity contribution in [2.24, 2.45) is 28.6 Å². The summed E-state index contributed by atoms with van der Waals surface area (Å²) in [5.74, 6) is -3.38. The Hall–Kier alpha value is -2.32. The largest absolute Gasteiger partial charge is 0.458 e. The summed E-state index contributed by atoms with van der Waals surface area (Å²) in [4.78, 5) is 49.8. The van der Waals surface area contributed by atoms with Crippen LogP contribution < -0.4 is 0 Å². The maximum Gasteiger partial charge on any atom is 0.339 e. The van der Waals surface area contributed by atoms with Gasteiger partial charge in [0.1, 0.15) is 6.17 Å². The van der Waals surface area contributed by atoms with Gasteiger partial charge in [-0.1, -0.05) is 66.5 Å². The molecule has 1 aromatic rings. The molecule has 4 aliphatic carbocycles. The molecule has 9 atom stereocenters. The second-order valence-electron chi connectivity index (χ2n) is 12.1. The van der Waals surface area contributed by atoms with Crippen LogP contribution in [-0.2, 0) is 23.9 Å². The summed E-state index contributed by atoms with van der Waals surface area (Å²) in [5.41, 5.74) is -2.80. The molecule has 3 unspecified atom stereocenters. The van der Waals surface area contributed by atoms with Crippen LogP contribution in [0.15, 0.2) is 54.1 Å². The van der Waals surface area contributed by atoms with Crippen LogP contribution in [0.25, 0.3) is 0 Å². The second kappa shape index (κ2) is 9.90. The van der Waals surface area contributed by atoms with E-state index in [2.05, 4.69) is 15.9 Å². The Balaban J connectivity index is 1.64. The minimum absolute atomic E-state index is 0.153. The first-order chi connectivity index (χ1) is 18.7. The predicted octanol–water partition coefficient (Wildman–Crippen LogP) is 5.95. The van der Waals surface area contributed by atoms with Crippen molar-refractivity contribution in [1.82, 2.24) is 0 Å². The van der Waals surface area contributed by atoms with Gasteiger partial charge in [0, 0.05) is 28.5 Å². The van der Waals surface area contributed by atoms with Crippen molar-refractivity contribution in [3.63, 3.8) is 0 Å². The molecule has 9 heteroatoms. The van der Waals surface area contributed by atoms with E-state index in [1.165, 1.54) is 13.0 Å². The van der Waals surface area contributed by atoms with E-state index in [1.54, 1.807) is 42.5 Å². The fourth-order valence-corrected chi connectivity index (χ4v) is 10.2. The Morgan fingerprint density at radius 1 is 1.18 bits per heavy atom. The van der Waals surface area contributed by atoms with E-state index in [0.717, 1.165) is 5.57 Å². The monoisotopic (exact) mass is 634 g/mol. The summed E-state index contributed by atoms with van der Waals surface area (Å²) in [7, 11) is 0. The highest BCUT2D eigenvalue weighted by molar-refractivity contribution is 9.09. The van der Waals surface area contributed by atoms with Crippen molar-refractivity contribution in [2.45, 2.75) is 68.4 Å². The van der Waals surface area contributed by atoms with Gasteiger partial charge in [0.25, 0.3) is 0 Å². The number of fused-ring (bicyclic) bond motifs is 5. The fourth-order valence-electron chi connectivity index (χ4n) is 8.33. The van der Waals surface area contributed by atoms with Gasteiger partial charge in [-0.25, -0.2) is 9.18 Å². The number of halogens is 3. The number of allylic oxidation sites excluding steroid dienone is 4. The van der Waals surface area contributed by atoms with Crippen LogP contribution >= 0.6 is 27.5 Å². The number of carbonyl (C=O) groups is 4. The number of Topliss-reactive ketones (excluding diaryl/α,β-unsaturated/α-hetero) is 1. The third-order valence-electron chi connectivity index (χ3n) is 10.2. The summed E-state index contributed by atoms with van der Waals surface area (Å²) in [6.07, 6.45) is 3.89. The molecule has 0 radical (unpaired) electrons. The van der Waals surface area contributed by atoms with Crippen molar-refractivity contribution in [3.05, 3.63) is 59.7 Å². The molecular formula is C31H33BrClFO6. The van der Waals surface area contributed by atoms with Crippen LogP contribution in [0.1, 0.15) is 57.3 Å². The number of hydrogen-bond acceptors (Lipinski definition) is 6. The molecule has 3 saturated carbocycles. The number of rotatable bonds is 5. The lowest BCUT2D eigenvalue weighted by Gasteiger charge is -2.64. The first-order valence-corrected chi connectivity index (χ1v) is 14.9. The molecule has 0 bridgehead atoms. The fraction of sp³-hybridized carbons (Fsp3) is 0.548. The average Bonchev–Trinajstić information content (AvgIpc) is 3.11. The first-order valence-electron chi connectivity index (χ1n) is 13.6. The van der Waals surface area contributed by atoms with Crippen LogP contribution in [-0.4, -0.2) is 51.6 Å². The quantitative estimate of drug-likeness (QED) is 0.294. The lowest BCUT2D eigenvalue weighted by Crippen LogP contribution is -2.70. The molecule has 0 amide bonds. The second-order valence-corrected chi connectivity index (χ2v) is 14.0. The zero-order valence-electron chi connectivity index (χ0n) is 22.9. The smallest absolute Gasteiger partial charge is 0.339 e. The molecule has 214 valence electrons. The lowest BCUT2D eigenvalue weighted by molar-refractivity contribution is -0.178. The Labute approximate surface area is 246 Å². The molecule has 0 aromatic heterocycles. The number of alkyl halides is 3. The van der Waals surface area contributed by atoms with E-state index >= 15 is 4.39 Å². The molecule has 0 heterocycles. The van der Waals surface area contributed by atoms with Gasteiger partial charge in [-0.15, -0.1) is 11.6 Å². The highest BCUT2D eigenvalue weighted by Gasteiger charge is 2.78. The molecule has 3 fully saturated rings. The Bertz CT molecular complexity index is 1330. The molecule has 0 N–H and O–H groups in total. The standard InChI is InChI=1S/C31H33BrClFO6/c1-17-12-22-26-23(32)14-20-13-21(36)10-11-28(20,3)30(26,33)24(34)15-29(22,4)31(17,25(37)16-39-18(2)35)40-27(38)19-8-6-5-7-9-19/h5-11,13,17,22-24,26H,12,14-16H2,1-4H3/t17?,22-,23?,24?,26+,28-,29-,30+,31-/m0/s1. The zero-order chi connectivity index (χ0) is 29.3. The topological polar surface area (TPSA) is 86.7 Å². The highest BCUT2D eigenvalue weighted by Crippen LogP contribution is 2.73. The van der Waals surface area contributed by atoms with Crippen LogP contribution in [0.5, 0.6) is 0 Å². The minimum atomic E-state index is -1.76. The lowest BCUT2D eigenvalue weighted by atomic mass is 9.46. The number of esters is 2. The molecule has 4 aliphatic rings. The first kappa shape index (κ1) is 29.2. The van der Waals surface area contributed by atoms with E-state index in [1.807, 2.05) is 20.8 Å². The van der Waals surface area contributed by atoms with Crippen molar-refractivity contribution in [2.75, 3.05) is 6.61 Å². The Morgan fingerprint density at radius 2 is 1.85 bits per heavy atom. The molecule has 6 nitrogen and oxygen atoms in total.